The Bertz CT molecular complexity index is 699. The third-order valence-electron chi connectivity index (χ3n) is 4.50. The zero-order chi connectivity index (χ0) is 17.9. The summed E-state index contributed by atoms with van der Waals surface area (Å²) >= 11 is 0. The highest BCUT2D eigenvalue weighted by atomic mass is 32.2. The van der Waals surface area contributed by atoms with Crippen LogP contribution in [0.4, 0.5) is 4.79 Å². The van der Waals surface area contributed by atoms with Gasteiger partial charge in [0, 0.05) is 39.3 Å². The fraction of sp³-hybridized carbons (Fsp3) is 0.786. The largest absolute Gasteiger partial charge is 0.331 e. The van der Waals surface area contributed by atoms with E-state index in [1.807, 2.05) is 0 Å². The molecule has 0 saturated carbocycles. The van der Waals surface area contributed by atoms with E-state index in [0.717, 1.165) is 12.8 Å². The molecule has 2 N–H and O–H groups in total. The molecule has 2 amide bonds. The number of nitrogens with zero attached hydrogens (tertiary/aromatic N) is 5. The van der Waals surface area contributed by atoms with Gasteiger partial charge in [0.2, 0.25) is 0 Å². The van der Waals surface area contributed by atoms with E-state index in [1.165, 1.54) is 4.31 Å². The fourth-order valence-corrected chi connectivity index (χ4v) is 4.86. The molecule has 0 radical (unpaired) electrons. The summed E-state index contributed by atoms with van der Waals surface area (Å²) in [5.41, 5.74) is 0. The van der Waals surface area contributed by atoms with Crippen molar-refractivity contribution < 1.29 is 13.2 Å². The molecule has 10 nitrogen and oxygen atoms in total. The van der Waals surface area contributed by atoms with Gasteiger partial charge in [0.05, 0.1) is 6.54 Å². The molecule has 0 spiro atoms. The van der Waals surface area contributed by atoms with Crippen molar-refractivity contribution in [2.24, 2.45) is 0 Å². The maximum atomic E-state index is 12.6. The third kappa shape index (κ3) is 4.28. The summed E-state index contributed by atoms with van der Waals surface area (Å²) in [6.45, 7) is 4.92. The SMILES string of the molecule is Cc1nc(CNC(=O)N2CCCN(S(=O)(=O)N3CCCC3)CC2)n[nH]1. The predicted molar refractivity (Wildman–Crippen MR) is 90.8 cm³/mol. The topological polar surface area (TPSA) is 115 Å². The summed E-state index contributed by atoms with van der Waals surface area (Å²) < 4.78 is 28.3. The second-order valence-corrected chi connectivity index (χ2v) is 8.28. The van der Waals surface area contributed by atoms with E-state index in [9.17, 15) is 13.2 Å². The summed E-state index contributed by atoms with van der Waals surface area (Å²) in [5.74, 6) is 1.22. The van der Waals surface area contributed by atoms with Crippen molar-refractivity contribution in [2.45, 2.75) is 32.7 Å². The molecule has 1 aromatic heterocycles. The van der Waals surface area contributed by atoms with Crippen LogP contribution in [0.15, 0.2) is 0 Å². The molecule has 0 atom stereocenters. The number of H-pyrrole nitrogens is 1. The van der Waals surface area contributed by atoms with Crippen LogP contribution in [-0.2, 0) is 16.8 Å². The number of urea groups is 1. The molecule has 11 heteroatoms. The average molecular weight is 371 g/mol. The number of carbonyl (C=O) groups excluding carboxylic acids is 1. The Kier molecular flexibility index (Phi) is 5.54. The monoisotopic (exact) mass is 371 g/mol. The lowest BCUT2D eigenvalue weighted by molar-refractivity contribution is 0.199. The molecule has 25 heavy (non-hydrogen) atoms. The van der Waals surface area contributed by atoms with Crippen molar-refractivity contribution in [3.63, 3.8) is 0 Å². The highest BCUT2D eigenvalue weighted by Gasteiger charge is 2.33. The summed E-state index contributed by atoms with van der Waals surface area (Å²) in [6, 6.07) is -0.220. The standard InChI is InChI=1S/C14H25N7O3S/c1-12-16-13(18-17-12)11-15-14(22)19-5-4-8-21(10-9-19)25(23,24)20-6-2-3-7-20/h2-11H2,1H3,(H,15,22)(H,16,17,18). The Morgan fingerprint density at radius 1 is 1.08 bits per heavy atom. The van der Waals surface area contributed by atoms with E-state index in [0.29, 0.717) is 57.3 Å². The van der Waals surface area contributed by atoms with Crippen LogP contribution in [0.1, 0.15) is 30.9 Å². The van der Waals surface area contributed by atoms with Crippen molar-refractivity contribution in [1.29, 1.82) is 0 Å². The number of aryl methyl sites for hydroxylation is 1. The number of carbonyl (C=O) groups is 1. The minimum absolute atomic E-state index is 0.220. The smallest absolute Gasteiger partial charge is 0.317 e. The summed E-state index contributed by atoms with van der Waals surface area (Å²) in [7, 11) is -3.40. The molecule has 2 saturated heterocycles. The summed E-state index contributed by atoms with van der Waals surface area (Å²) in [4.78, 5) is 18.1. The minimum Gasteiger partial charge on any atom is -0.331 e. The zero-order valence-electron chi connectivity index (χ0n) is 14.4. The average Bonchev–Trinajstić information content (AvgIpc) is 3.19. The lowest BCUT2D eigenvalue weighted by Gasteiger charge is -2.26. The fourth-order valence-electron chi connectivity index (χ4n) is 3.14. The quantitative estimate of drug-likeness (QED) is 0.752. The molecule has 3 heterocycles. The second-order valence-electron chi connectivity index (χ2n) is 6.35. The first-order valence-electron chi connectivity index (χ1n) is 8.63. The maximum absolute atomic E-state index is 12.6. The van der Waals surface area contributed by atoms with Gasteiger partial charge in [0.15, 0.2) is 5.82 Å². The predicted octanol–water partition coefficient (Wildman–Crippen LogP) is -0.329. The van der Waals surface area contributed by atoms with Crippen molar-refractivity contribution >= 4 is 16.2 Å². The van der Waals surface area contributed by atoms with Crippen LogP contribution in [0.25, 0.3) is 0 Å². The molecule has 3 rings (SSSR count). The molecule has 0 aliphatic carbocycles. The second kappa shape index (κ2) is 7.67. The highest BCUT2D eigenvalue weighted by molar-refractivity contribution is 7.86. The first kappa shape index (κ1) is 18.1. The van der Waals surface area contributed by atoms with E-state index < -0.39 is 10.2 Å². The lowest BCUT2D eigenvalue weighted by atomic mass is 10.4. The summed E-state index contributed by atoms with van der Waals surface area (Å²) in [5, 5.41) is 9.49. The number of hydrogen-bond acceptors (Lipinski definition) is 5. The van der Waals surface area contributed by atoms with E-state index in [-0.39, 0.29) is 12.6 Å². The van der Waals surface area contributed by atoms with Gasteiger partial charge in [-0.15, -0.1) is 0 Å². The Hall–Kier alpha value is -1.72. The van der Waals surface area contributed by atoms with Crippen LogP contribution in [0.3, 0.4) is 0 Å². The Morgan fingerprint density at radius 3 is 2.44 bits per heavy atom. The molecule has 0 unspecified atom stereocenters. The maximum Gasteiger partial charge on any atom is 0.317 e. The Labute approximate surface area is 147 Å². The molecule has 140 valence electrons. The van der Waals surface area contributed by atoms with Crippen LogP contribution in [0.2, 0.25) is 0 Å². The van der Waals surface area contributed by atoms with Crippen LogP contribution >= 0.6 is 0 Å². The van der Waals surface area contributed by atoms with Crippen LogP contribution in [0, 0.1) is 6.92 Å². The van der Waals surface area contributed by atoms with E-state index in [1.54, 1.807) is 16.1 Å². The molecule has 2 aliphatic rings. The van der Waals surface area contributed by atoms with Gasteiger partial charge in [-0.2, -0.15) is 22.1 Å². The van der Waals surface area contributed by atoms with Crippen molar-refractivity contribution in [3.8, 4) is 0 Å². The number of aromatic amines is 1. The molecule has 0 aromatic carbocycles. The first-order chi connectivity index (χ1) is 12.0. The van der Waals surface area contributed by atoms with Gasteiger partial charge in [-0.25, -0.2) is 9.78 Å². The van der Waals surface area contributed by atoms with Crippen LogP contribution in [0.5, 0.6) is 0 Å². The Morgan fingerprint density at radius 2 is 1.76 bits per heavy atom. The normalized spacial score (nSPS) is 20.6. The number of hydrogen-bond donors (Lipinski definition) is 2. The summed E-state index contributed by atoms with van der Waals surface area (Å²) in [6.07, 6.45) is 2.46. The molecule has 2 aliphatic heterocycles. The number of amides is 2. The van der Waals surface area contributed by atoms with Gasteiger partial charge in [-0.3, -0.25) is 5.10 Å². The van der Waals surface area contributed by atoms with E-state index in [2.05, 4.69) is 20.5 Å². The van der Waals surface area contributed by atoms with Crippen molar-refractivity contribution in [3.05, 3.63) is 11.6 Å². The molecule has 1 aromatic rings. The van der Waals surface area contributed by atoms with Gasteiger partial charge < -0.3 is 10.2 Å². The van der Waals surface area contributed by atoms with Gasteiger partial charge in [0.25, 0.3) is 10.2 Å². The van der Waals surface area contributed by atoms with Crippen LogP contribution < -0.4 is 5.32 Å². The molecule has 0 bridgehead atoms. The number of aromatic nitrogens is 3. The third-order valence-corrected chi connectivity index (χ3v) is 6.54. The Balaban J connectivity index is 1.53. The van der Waals surface area contributed by atoms with Gasteiger partial charge >= 0.3 is 6.03 Å². The zero-order valence-corrected chi connectivity index (χ0v) is 15.3. The minimum atomic E-state index is -3.40. The van der Waals surface area contributed by atoms with Gasteiger partial charge in [0.1, 0.15) is 5.82 Å². The number of nitrogens with one attached hydrogen (secondary N) is 2. The number of rotatable bonds is 4. The van der Waals surface area contributed by atoms with E-state index in [4.69, 9.17) is 0 Å². The van der Waals surface area contributed by atoms with E-state index >= 15 is 0 Å². The molecular formula is C14H25N7O3S. The van der Waals surface area contributed by atoms with Crippen LogP contribution in [-0.4, -0.2) is 82.4 Å². The molecular weight excluding hydrogens is 346 g/mol. The van der Waals surface area contributed by atoms with Gasteiger partial charge in [-0.1, -0.05) is 0 Å². The lowest BCUT2D eigenvalue weighted by Crippen LogP contribution is -2.45. The highest BCUT2D eigenvalue weighted by Crippen LogP contribution is 2.18. The molecule has 2 fully saturated rings. The first-order valence-corrected chi connectivity index (χ1v) is 10.0. The van der Waals surface area contributed by atoms with Crippen molar-refractivity contribution in [2.75, 3.05) is 39.3 Å². The van der Waals surface area contributed by atoms with Crippen molar-refractivity contribution in [1.82, 2.24) is 34.0 Å². The van der Waals surface area contributed by atoms with Gasteiger partial charge in [-0.05, 0) is 26.2 Å².